The number of aromatic nitrogens is 3. The highest BCUT2D eigenvalue weighted by Gasteiger charge is 2.13. The smallest absolute Gasteiger partial charge is 0.271 e. The molecule has 0 bridgehead atoms. The van der Waals surface area contributed by atoms with E-state index < -0.39 is 5.91 Å². The van der Waals surface area contributed by atoms with E-state index in [1.165, 1.54) is 11.3 Å². The van der Waals surface area contributed by atoms with Crippen LogP contribution in [-0.2, 0) is 11.4 Å². The van der Waals surface area contributed by atoms with Gasteiger partial charge in [0.05, 0.1) is 12.2 Å². The van der Waals surface area contributed by atoms with Gasteiger partial charge < -0.3 is 15.4 Å². The monoisotopic (exact) mass is 467 g/mol. The fraction of sp³-hybridized carbons (Fsp3) is 0.0909. The van der Waals surface area contributed by atoms with Crippen molar-refractivity contribution in [2.24, 2.45) is 0 Å². The zero-order valence-corrected chi connectivity index (χ0v) is 18.3. The van der Waals surface area contributed by atoms with Gasteiger partial charge in [-0.3, -0.25) is 9.59 Å². The van der Waals surface area contributed by atoms with Crippen molar-refractivity contribution in [1.82, 2.24) is 20.1 Å². The third kappa shape index (κ3) is 5.71. The fourth-order valence-corrected chi connectivity index (χ4v) is 3.54. The number of benzene rings is 2. The Bertz CT molecular complexity index is 1190. The lowest BCUT2D eigenvalue weighted by molar-refractivity contribution is -0.115. The minimum Gasteiger partial charge on any atom is -0.486 e. The molecule has 8 nitrogen and oxygen atoms in total. The van der Waals surface area contributed by atoms with E-state index in [-0.39, 0.29) is 24.8 Å². The maximum Gasteiger partial charge on any atom is 0.271 e. The maximum absolute atomic E-state index is 12.3. The Hall–Kier alpha value is -3.69. The maximum atomic E-state index is 12.3. The van der Waals surface area contributed by atoms with Crippen LogP contribution in [0, 0.1) is 0 Å². The predicted molar refractivity (Wildman–Crippen MR) is 122 cm³/mol. The number of carbonyl (C=O) groups is 2. The summed E-state index contributed by atoms with van der Waals surface area (Å²) in [4.78, 5) is 28.7. The van der Waals surface area contributed by atoms with E-state index >= 15 is 0 Å². The van der Waals surface area contributed by atoms with Gasteiger partial charge in [-0.2, -0.15) is 5.10 Å². The van der Waals surface area contributed by atoms with Gasteiger partial charge in [0.2, 0.25) is 5.91 Å². The molecule has 4 rings (SSSR count). The standard InChI is InChI=1S/C22H18ClN5O3S/c23-15-2-8-18(9-3-15)31-13-21-27-19(14-32-21)22(30)24-12-20(29)26-16-4-6-17(7-5-16)28-11-1-10-25-28/h1-11,14H,12-13H2,(H,24,30)(H,26,29). The number of amides is 2. The van der Waals surface area contributed by atoms with Gasteiger partial charge in [-0.1, -0.05) is 11.6 Å². The Labute approximate surface area is 192 Å². The second kappa shape index (κ2) is 10.1. The van der Waals surface area contributed by atoms with Crippen LogP contribution >= 0.6 is 22.9 Å². The van der Waals surface area contributed by atoms with E-state index in [0.717, 1.165) is 5.69 Å². The number of halogens is 1. The second-order valence-corrected chi connectivity index (χ2v) is 7.98. The van der Waals surface area contributed by atoms with Crippen molar-refractivity contribution in [2.45, 2.75) is 6.61 Å². The highest BCUT2D eigenvalue weighted by molar-refractivity contribution is 7.09. The van der Waals surface area contributed by atoms with E-state index in [1.54, 1.807) is 52.7 Å². The third-order valence-corrected chi connectivity index (χ3v) is 5.36. The summed E-state index contributed by atoms with van der Waals surface area (Å²) < 4.78 is 7.34. The summed E-state index contributed by atoms with van der Waals surface area (Å²) in [6.45, 7) is 0.0580. The van der Waals surface area contributed by atoms with Crippen molar-refractivity contribution >= 4 is 40.4 Å². The number of hydrogen-bond donors (Lipinski definition) is 2. The number of ether oxygens (including phenoxy) is 1. The summed E-state index contributed by atoms with van der Waals surface area (Å²) in [5, 5.41) is 12.4. The van der Waals surface area contributed by atoms with E-state index in [2.05, 4.69) is 20.7 Å². The van der Waals surface area contributed by atoms with E-state index in [4.69, 9.17) is 16.3 Å². The fourth-order valence-electron chi connectivity index (χ4n) is 2.73. The Balaban J connectivity index is 1.23. The molecule has 2 heterocycles. The molecule has 4 aromatic rings. The highest BCUT2D eigenvalue weighted by Crippen LogP contribution is 2.18. The summed E-state index contributed by atoms with van der Waals surface area (Å²) in [7, 11) is 0. The molecule has 0 aliphatic carbocycles. The molecule has 0 fully saturated rings. The molecule has 32 heavy (non-hydrogen) atoms. The van der Waals surface area contributed by atoms with E-state index in [1.807, 2.05) is 24.4 Å². The lowest BCUT2D eigenvalue weighted by atomic mass is 10.3. The lowest BCUT2D eigenvalue weighted by Crippen LogP contribution is -2.33. The average Bonchev–Trinajstić information content (AvgIpc) is 3.50. The van der Waals surface area contributed by atoms with Crippen LogP contribution in [0.3, 0.4) is 0 Å². The summed E-state index contributed by atoms with van der Waals surface area (Å²) >= 11 is 7.15. The lowest BCUT2D eigenvalue weighted by Gasteiger charge is -2.07. The van der Waals surface area contributed by atoms with Crippen molar-refractivity contribution in [1.29, 1.82) is 0 Å². The molecule has 0 aliphatic rings. The molecular formula is C22H18ClN5O3S. The number of anilines is 1. The van der Waals surface area contributed by atoms with Gasteiger partial charge in [-0.25, -0.2) is 9.67 Å². The second-order valence-electron chi connectivity index (χ2n) is 6.60. The van der Waals surface area contributed by atoms with Gasteiger partial charge in [0, 0.05) is 28.5 Å². The topological polar surface area (TPSA) is 98.1 Å². The summed E-state index contributed by atoms with van der Waals surface area (Å²) in [5.74, 6) is -0.111. The van der Waals surface area contributed by atoms with Gasteiger partial charge in [0.25, 0.3) is 5.91 Å². The SMILES string of the molecule is O=C(CNC(=O)c1csc(COc2ccc(Cl)cc2)n1)Nc1ccc(-n2cccn2)cc1. The number of rotatable bonds is 8. The first-order chi connectivity index (χ1) is 15.6. The molecule has 2 aromatic carbocycles. The summed E-state index contributed by atoms with van der Waals surface area (Å²) in [5.41, 5.74) is 1.73. The molecule has 162 valence electrons. The molecule has 10 heteroatoms. The first kappa shape index (κ1) is 21.5. The predicted octanol–water partition coefficient (Wildman–Crippen LogP) is 3.93. The largest absolute Gasteiger partial charge is 0.486 e. The number of hydrogen-bond acceptors (Lipinski definition) is 6. The van der Waals surface area contributed by atoms with Crippen molar-refractivity contribution in [2.75, 3.05) is 11.9 Å². The van der Waals surface area contributed by atoms with Gasteiger partial charge in [0.1, 0.15) is 23.1 Å². The minimum absolute atomic E-state index is 0.173. The van der Waals surface area contributed by atoms with Crippen LogP contribution in [0.25, 0.3) is 5.69 Å². The first-order valence-electron chi connectivity index (χ1n) is 9.58. The highest BCUT2D eigenvalue weighted by atomic mass is 35.5. The van der Waals surface area contributed by atoms with Crippen molar-refractivity contribution in [3.05, 3.63) is 88.1 Å². The zero-order valence-electron chi connectivity index (χ0n) is 16.7. The van der Waals surface area contributed by atoms with Crippen molar-refractivity contribution in [3.8, 4) is 11.4 Å². The van der Waals surface area contributed by atoms with Gasteiger partial charge in [0.15, 0.2) is 0 Å². The van der Waals surface area contributed by atoms with Crippen LogP contribution in [0.4, 0.5) is 5.69 Å². The molecule has 0 saturated heterocycles. The Morgan fingerprint density at radius 3 is 2.59 bits per heavy atom. The number of nitrogens with one attached hydrogen (secondary N) is 2. The molecule has 0 saturated carbocycles. The molecule has 0 unspecified atom stereocenters. The van der Waals surface area contributed by atoms with Gasteiger partial charge in [-0.05, 0) is 54.6 Å². The molecular weight excluding hydrogens is 450 g/mol. The van der Waals surface area contributed by atoms with Gasteiger partial charge in [-0.15, -0.1) is 11.3 Å². The first-order valence-corrected chi connectivity index (χ1v) is 10.8. The third-order valence-electron chi connectivity index (χ3n) is 4.29. The van der Waals surface area contributed by atoms with Gasteiger partial charge >= 0.3 is 0 Å². The molecule has 2 amide bonds. The minimum atomic E-state index is -0.428. The average molecular weight is 468 g/mol. The molecule has 2 aromatic heterocycles. The number of carbonyl (C=O) groups excluding carboxylic acids is 2. The van der Waals surface area contributed by atoms with Crippen LogP contribution in [0.15, 0.2) is 72.4 Å². The molecule has 0 radical (unpaired) electrons. The van der Waals surface area contributed by atoms with E-state index in [0.29, 0.717) is 21.5 Å². The molecule has 0 aliphatic heterocycles. The summed E-state index contributed by atoms with van der Waals surface area (Å²) in [6, 6.07) is 16.0. The Morgan fingerprint density at radius 2 is 1.88 bits per heavy atom. The normalized spacial score (nSPS) is 10.5. The van der Waals surface area contributed by atoms with Crippen molar-refractivity contribution in [3.63, 3.8) is 0 Å². The quantitative estimate of drug-likeness (QED) is 0.409. The Kier molecular flexibility index (Phi) is 6.78. The van der Waals surface area contributed by atoms with Crippen LogP contribution in [0.5, 0.6) is 5.75 Å². The van der Waals surface area contributed by atoms with Crippen LogP contribution in [0.2, 0.25) is 5.02 Å². The van der Waals surface area contributed by atoms with Crippen molar-refractivity contribution < 1.29 is 14.3 Å². The molecule has 2 N–H and O–H groups in total. The number of nitrogens with zero attached hydrogens (tertiary/aromatic N) is 3. The molecule has 0 atom stereocenters. The zero-order chi connectivity index (χ0) is 22.3. The van der Waals surface area contributed by atoms with Crippen LogP contribution in [0.1, 0.15) is 15.5 Å². The van der Waals surface area contributed by atoms with Crippen LogP contribution in [-0.4, -0.2) is 33.1 Å². The number of thiazole rings is 1. The Morgan fingerprint density at radius 1 is 1.09 bits per heavy atom. The van der Waals surface area contributed by atoms with Crippen LogP contribution < -0.4 is 15.4 Å². The summed E-state index contributed by atoms with van der Waals surface area (Å²) in [6.07, 6.45) is 3.52. The molecule has 0 spiro atoms. The van der Waals surface area contributed by atoms with E-state index in [9.17, 15) is 9.59 Å².